The first kappa shape index (κ1) is 13.4. The van der Waals surface area contributed by atoms with Gasteiger partial charge >= 0.3 is 11.7 Å². The number of hydrogen-bond acceptors (Lipinski definition) is 4. The second-order valence-electron chi connectivity index (χ2n) is 5.31. The van der Waals surface area contributed by atoms with Gasteiger partial charge in [-0.15, -0.1) is 0 Å². The molecule has 19 heavy (non-hydrogen) atoms. The zero-order valence-corrected chi connectivity index (χ0v) is 10.8. The topological polar surface area (TPSA) is 109 Å². The Bertz CT molecular complexity index is 669. The van der Waals surface area contributed by atoms with Gasteiger partial charge in [-0.05, 0) is 23.1 Å². The summed E-state index contributed by atoms with van der Waals surface area (Å²) in [6, 6.07) is 4.67. The molecule has 1 aromatic carbocycles. The van der Waals surface area contributed by atoms with Crippen LogP contribution in [0.2, 0.25) is 0 Å². The van der Waals surface area contributed by atoms with Gasteiger partial charge in [-0.1, -0.05) is 19.9 Å². The van der Waals surface area contributed by atoms with E-state index in [4.69, 9.17) is 15.3 Å². The van der Waals surface area contributed by atoms with Gasteiger partial charge in [0.2, 0.25) is 0 Å². The molecule has 0 aliphatic carbocycles. The van der Waals surface area contributed by atoms with Crippen LogP contribution in [0.1, 0.15) is 31.9 Å². The number of hydrogen-bond donors (Lipinski definition) is 3. The number of benzene rings is 1. The number of H-pyrrole nitrogens is 1. The number of carbonyl (C=O) groups is 1. The van der Waals surface area contributed by atoms with Crippen LogP contribution in [0.3, 0.4) is 0 Å². The van der Waals surface area contributed by atoms with Gasteiger partial charge in [0.1, 0.15) is 0 Å². The molecule has 1 unspecified atom stereocenters. The van der Waals surface area contributed by atoms with E-state index in [9.17, 15) is 9.59 Å². The van der Waals surface area contributed by atoms with Crippen molar-refractivity contribution in [3.8, 4) is 0 Å². The maximum Gasteiger partial charge on any atom is 0.417 e. The van der Waals surface area contributed by atoms with E-state index < -0.39 is 23.2 Å². The molecule has 0 amide bonds. The summed E-state index contributed by atoms with van der Waals surface area (Å²) in [7, 11) is 0. The van der Waals surface area contributed by atoms with Gasteiger partial charge in [0.05, 0.1) is 11.9 Å². The Morgan fingerprint density at radius 2 is 2.21 bits per heavy atom. The van der Waals surface area contributed by atoms with Crippen molar-refractivity contribution >= 4 is 17.1 Å². The fourth-order valence-electron chi connectivity index (χ4n) is 2.11. The summed E-state index contributed by atoms with van der Waals surface area (Å²) < 4.78 is 4.97. The number of rotatable bonds is 4. The highest BCUT2D eigenvalue weighted by Gasteiger charge is 2.30. The first-order chi connectivity index (χ1) is 8.79. The predicted molar refractivity (Wildman–Crippen MR) is 69.8 cm³/mol. The van der Waals surface area contributed by atoms with E-state index in [2.05, 4.69) is 4.98 Å². The van der Waals surface area contributed by atoms with Crippen LogP contribution in [0.15, 0.2) is 27.4 Å². The van der Waals surface area contributed by atoms with Crippen molar-refractivity contribution in [3.05, 3.63) is 34.3 Å². The molecule has 0 aliphatic heterocycles. The molecule has 0 saturated heterocycles. The van der Waals surface area contributed by atoms with Gasteiger partial charge in [-0.25, -0.2) is 4.79 Å². The predicted octanol–water partition coefficient (Wildman–Crippen LogP) is 1.62. The average molecular weight is 264 g/mol. The minimum atomic E-state index is -0.894. The molecule has 1 atom stereocenters. The van der Waals surface area contributed by atoms with Crippen LogP contribution >= 0.6 is 0 Å². The van der Waals surface area contributed by atoms with Crippen molar-refractivity contribution in [1.82, 2.24) is 4.98 Å². The van der Waals surface area contributed by atoms with E-state index in [1.807, 2.05) is 0 Å². The highest BCUT2D eigenvalue weighted by atomic mass is 16.4. The molecule has 0 radical (unpaired) electrons. The summed E-state index contributed by atoms with van der Waals surface area (Å²) in [6.07, 6.45) is -0.0384. The number of nitrogens with one attached hydrogen (secondary N) is 1. The van der Waals surface area contributed by atoms with Gasteiger partial charge in [0.15, 0.2) is 5.58 Å². The average Bonchev–Trinajstić information content (AvgIpc) is 2.65. The number of carboxylic acid groups (broad SMARTS) is 1. The second-order valence-corrected chi connectivity index (χ2v) is 5.31. The lowest BCUT2D eigenvalue weighted by atomic mass is 9.78. The van der Waals surface area contributed by atoms with E-state index in [0.717, 1.165) is 5.56 Å². The van der Waals surface area contributed by atoms with Crippen LogP contribution in [0.4, 0.5) is 0 Å². The van der Waals surface area contributed by atoms with E-state index >= 15 is 0 Å². The molecule has 1 heterocycles. The molecule has 2 rings (SSSR count). The quantitative estimate of drug-likeness (QED) is 0.777. The Labute approximate surface area is 109 Å². The molecule has 0 aliphatic rings. The summed E-state index contributed by atoms with van der Waals surface area (Å²) in [5, 5.41) is 8.90. The highest BCUT2D eigenvalue weighted by molar-refractivity contribution is 5.73. The third-order valence-electron chi connectivity index (χ3n) is 3.25. The molecule has 1 aromatic heterocycles. The van der Waals surface area contributed by atoms with Gasteiger partial charge in [0.25, 0.3) is 0 Å². The molecular formula is C13H16N2O4. The van der Waals surface area contributed by atoms with E-state index in [1.54, 1.807) is 32.0 Å². The molecular weight excluding hydrogens is 248 g/mol. The fraction of sp³-hybridized carbons (Fsp3) is 0.385. The SMILES string of the molecule is CC(C)(CC(=O)O)C(N)c1ccc2[nH]c(=O)oc2c1. The van der Waals surface area contributed by atoms with Crippen molar-refractivity contribution in [2.24, 2.45) is 11.1 Å². The minimum absolute atomic E-state index is 0.0384. The van der Waals surface area contributed by atoms with Crippen LogP contribution in [-0.4, -0.2) is 16.1 Å². The Balaban J connectivity index is 2.37. The highest BCUT2D eigenvalue weighted by Crippen LogP contribution is 2.35. The van der Waals surface area contributed by atoms with Gasteiger partial charge < -0.3 is 15.3 Å². The van der Waals surface area contributed by atoms with E-state index in [1.165, 1.54) is 0 Å². The first-order valence-corrected chi connectivity index (χ1v) is 5.90. The van der Waals surface area contributed by atoms with Crippen LogP contribution in [0.5, 0.6) is 0 Å². The van der Waals surface area contributed by atoms with Crippen molar-refractivity contribution in [3.63, 3.8) is 0 Å². The summed E-state index contributed by atoms with van der Waals surface area (Å²) in [6.45, 7) is 3.59. The lowest BCUT2D eigenvalue weighted by Crippen LogP contribution is -2.31. The first-order valence-electron chi connectivity index (χ1n) is 5.90. The lowest BCUT2D eigenvalue weighted by molar-refractivity contribution is -0.139. The molecule has 2 aromatic rings. The van der Waals surface area contributed by atoms with Crippen molar-refractivity contribution < 1.29 is 14.3 Å². The van der Waals surface area contributed by atoms with Crippen LogP contribution < -0.4 is 11.5 Å². The molecule has 0 bridgehead atoms. The largest absolute Gasteiger partial charge is 0.481 e. The molecule has 102 valence electrons. The number of oxazole rings is 1. The van der Waals surface area contributed by atoms with Crippen molar-refractivity contribution in [1.29, 1.82) is 0 Å². The maximum atomic E-state index is 11.1. The number of fused-ring (bicyclic) bond motifs is 1. The fourth-order valence-corrected chi connectivity index (χ4v) is 2.11. The number of aromatic amines is 1. The Morgan fingerprint density at radius 3 is 2.84 bits per heavy atom. The lowest BCUT2D eigenvalue weighted by Gasteiger charge is -2.30. The molecule has 4 N–H and O–H groups in total. The van der Waals surface area contributed by atoms with Gasteiger partial charge in [-0.3, -0.25) is 9.78 Å². The Hall–Kier alpha value is -2.08. The molecule has 6 heteroatoms. The summed E-state index contributed by atoms with van der Waals surface area (Å²) >= 11 is 0. The smallest absolute Gasteiger partial charge is 0.417 e. The van der Waals surface area contributed by atoms with Crippen LogP contribution in [-0.2, 0) is 4.79 Å². The van der Waals surface area contributed by atoms with Crippen molar-refractivity contribution in [2.45, 2.75) is 26.3 Å². The molecule has 0 spiro atoms. The van der Waals surface area contributed by atoms with Gasteiger partial charge in [0, 0.05) is 6.04 Å². The number of aliphatic carboxylic acids is 1. The third kappa shape index (κ3) is 2.68. The maximum absolute atomic E-state index is 11.1. The van der Waals surface area contributed by atoms with Crippen LogP contribution in [0.25, 0.3) is 11.1 Å². The minimum Gasteiger partial charge on any atom is -0.481 e. The Morgan fingerprint density at radius 1 is 1.53 bits per heavy atom. The monoisotopic (exact) mass is 264 g/mol. The zero-order valence-electron chi connectivity index (χ0n) is 10.8. The zero-order chi connectivity index (χ0) is 14.2. The Kier molecular flexibility index (Phi) is 3.20. The van der Waals surface area contributed by atoms with Crippen molar-refractivity contribution in [2.75, 3.05) is 0 Å². The number of aromatic nitrogens is 1. The van der Waals surface area contributed by atoms with Crippen LogP contribution in [0, 0.1) is 5.41 Å². The second kappa shape index (κ2) is 4.55. The molecule has 0 saturated carbocycles. The van der Waals surface area contributed by atoms with Gasteiger partial charge in [-0.2, -0.15) is 0 Å². The third-order valence-corrected chi connectivity index (χ3v) is 3.25. The number of carboxylic acids is 1. The normalized spacial score (nSPS) is 13.6. The molecule has 6 nitrogen and oxygen atoms in total. The van der Waals surface area contributed by atoms with E-state index in [0.29, 0.717) is 11.1 Å². The molecule has 0 fully saturated rings. The summed E-state index contributed by atoms with van der Waals surface area (Å²) in [5.74, 6) is -1.42. The van der Waals surface area contributed by atoms with E-state index in [-0.39, 0.29) is 6.42 Å². The summed E-state index contributed by atoms with van der Waals surface area (Å²) in [5.41, 5.74) is 7.28. The number of nitrogens with two attached hydrogens (primary N) is 1. The standard InChI is InChI=1S/C13H16N2O4/c1-13(2,6-10(16)17)11(14)7-3-4-8-9(5-7)19-12(18)15-8/h3-5,11H,6,14H2,1-2H3,(H,15,18)(H,16,17). The summed E-state index contributed by atoms with van der Waals surface area (Å²) in [4.78, 5) is 24.5.